The summed E-state index contributed by atoms with van der Waals surface area (Å²) >= 11 is 0. The van der Waals surface area contributed by atoms with Gasteiger partial charge in [-0.3, -0.25) is 0 Å². The fraction of sp³-hybridized carbons (Fsp3) is 0.533. The SMILES string of the molecule is O=C(N[C@H]1C[C@@H]2CC[C@@H](N2)[C@H]1F)OCc1ccccc1. The first-order chi connectivity index (χ1) is 9.72. The monoisotopic (exact) mass is 278 g/mol. The van der Waals surface area contributed by atoms with Crippen LogP contribution in [0.15, 0.2) is 30.3 Å². The number of ether oxygens (including phenoxy) is 1. The molecule has 2 N–H and O–H groups in total. The lowest BCUT2D eigenvalue weighted by Crippen LogP contribution is -2.56. The van der Waals surface area contributed by atoms with E-state index in [0.717, 1.165) is 18.4 Å². The molecule has 20 heavy (non-hydrogen) atoms. The third kappa shape index (κ3) is 2.93. The van der Waals surface area contributed by atoms with Crippen LogP contribution in [0.5, 0.6) is 0 Å². The van der Waals surface area contributed by atoms with E-state index in [9.17, 15) is 9.18 Å². The highest BCUT2D eigenvalue weighted by Crippen LogP contribution is 2.29. The molecule has 0 aliphatic carbocycles. The maximum absolute atomic E-state index is 14.1. The van der Waals surface area contributed by atoms with E-state index in [-0.39, 0.29) is 12.6 Å². The third-order valence-electron chi connectivity index (χ3n) is 4.10. The van der Waals surface area contributed by atoms with Crippen LogP contribution in [0.4, 0.5) is 9.18 Å². The Kier molecular flexibility index (Phi) is 3.87. The Morgan fingerprint density at radius 3 is 2.95 bits per heavy atom. The minimum Gasteiger partial charge on any atom is -0.445 e. The molecule has 2 saturated heterocycles. The summed E-state index contributed by atoms with van der Waals surface area (Å²) in [6.07, 6.45) is 0.907. The summed E-state index contributed by atoms with van der Waals surface area (Å²) in [4.78, 5) is 11.7. The normalized spacial score (nSPS) is 31.9. The molecule has 1 aromatic carbocycles. The second-order valence-corrected chi connectivity index (χ2v) is 5.54. The van der Waals surface area contributed by atoms with Crippen molar-refractivity contribution in [3.05, 3.63) is 35.9 Å². The molecule has 0 spiro atoms. The van der Waals surface area contributed by atoms with Crippen LogP contribution in [0.2, 0.25) is 0 Å². The fourth-order valence-electron chi connectivity index (χ4n) is 3.06. The Balaban J connectivity index is 1.49. The van der Waals surface area contributed by atoms with E-state index in [0.29, 0.717) is 12.5 Å². The number of alkyl halides is 1. The quantitative estimate of drug-likeness (QED) is 0.890. The third-order valence-corrected chi connectivity index (χ3v) is 4.10. The molecule has 2 heterocycles. The maximum Gasteiger partial charge on any atom is 0.407 e. The number of piperidine rings is 1. The van der Waals surface area contributed by atoms with Crippen LogP contribution in [0, 0.1) is 0 Å². The first-order valence-corrected chi connectivity index (χ1v) is 7.10. The van der Waals surface area contributed by atoms with Crippen molar-refractivity contribution in [3.8, 4) is 0 Å². The van der Waals surface area contributed by atoms with Gasteiger partial charge < -0.3 is 15.4 Å². The molecule has 2 bridgehead atoms. The first kappa shape index (κ1) is 13.4. The van der Waals surface area contributed by atoms with E-state index < -0.39 is 18.3 Å². The zero-order valence-electron chi connectivity index (χ0n) is 11.2. The fourth-order valence-corrected chi connectivity index (χ4v) is 3.06. The van der Waals surface area contributed by atoms with Crippen LogP contribution in [0.1, 0.15) is 24.8 Å². The van der Waals surface area contributed by atoms with Gasteiger partial charge in [-0.1, -0.05) is 30.3 Å². The van der Waals surface area contributed by atoms with Crippen LogP contribution < -0.4 is 10.6 Å². The minimum atomic E-state index is -1.03. The maximum atomic E-state index is 14.1. The van der Waals surface area contributed by atoms with Crippen molar-refractivity contribution in [1.29, 1.82) is 0 Å². The predicted molar refractivity (Wildman–Crippen MR) is 73.0 cm³/mol. The van der Waals surface area contributed by atoms with Gasteiger partial charge in [-0.25, -0.2) is 9.18 Å². The lowest BCUT2D eigenvalue weighted by molar-refractivity contribution is 0.111. The summed E-state index contributed by atoms with van der Waals surface area (Å²) in [5, 5.41) is 5.90. The molecule has 3 rings (SSSR count). The van der Waals surface area contributed by atoms with Crippen LogP contribution in [-0.2, 0) is 11.3 Å². The average Bonchev–Trinajstić information content (AvgIpc) is 2.88. The molecule has 0 unspecified atom stereocenters. The Bertz CT molecular complexity index is 468. The van der Waals surface area contributed by atoms with Crippen LogP contribution in [-0.4, -0.2) is 30.4 Å². The summed E-state index contributed by atoms with van der Waals surface area (Å²) in [6, 6.07) is 9.22. The van der Waals surface area contributed by atoms with Gasteiger partial charge in [-0.2, -0.15) is 0 Å². The molecule has 1 amide bonds. The summed E-state index contributed by atoms with van der Waals surface area (Å²) in [6.45, 7) is 0.210. The molecule has 0 aromatic heterocycles. The standard InChI is InChI=1S/C15H19FN2O2/c16-14-12-7-6-11(17-12)8-13(14)18-15(19)20-9-10-4-2-1-3-5-10/h1-5,11-14,17H,6-9H2,(H,18,19)/t11-,12+,13-,14+/m0/s1. The Morgan fingerprint density at radius 2 is 2.15 bits per heavy atom. The van der Waals surface area contributed by atoms with Crippen LogP contribution >= 0.6 is 0 Å². The van der Waals surface area contributed by atoms with Gasteiger partial charge in [0.25, 0.3) is 0 Å². The molecular formula is C15H19FN2O2. The highest BCUT2D eigenvalue weighted by Gasteiger charge is 2.42. The number of rotatable bonds is 3. The van der Waals surface area contributed by atoms with Crippen molar-refractivity contribution in [2.75, 3.05) is 0 Å². The Labute approximate surface area is 117 Å². The highest BCUT2D eigenvalue weighted by atomic mass is 19.1. The van der Waals surface area contributed by atoms with Crippen molar-refractivity contribution in [3.63, 3.8) is 0 Å². The van der Waals surface area contributed by atoms with Gasteiger partial charge in [0.05, 0.1) is 6.04 Å². The van der Waals surface area contributed by atoms with Gasteiger partial charge in [0, 0.05) is 12.1 Å². The number of fused-ring (bicyclic) bond motifs is 2. The minimum absolute atomic E-state index is 0.117. The van der Waals surface area contributed by atoms with Crippen LogP contribution in [0.3, 0.4) is 0 Å². The largest absolute Gasteiger partial charge is 0.445 e. The van der Waals surface area contributed by atoms with Crippen molar-refractivity contribution < 1.29 is 13.9 Å². The molecule has 2 aliphatic rings. The van der Waals surface area contributed by atoms with Gasteiger partial charge in [0.15, 0.2) is 0 Å². The summed E-state index contributed by atoms with van der Waals surface area (Å²) in [7, 11) is 0. The summed E-state index contributed by atoms with van der Waals surface area (Å²) in [5.41, 5.74) is 0.921. The Morgan fingerprint density at radius 1 is 1.35 bits per heavy atom. The number of halogens is 1. The van der Waals surface area contributed by atoms with Gasteiger partial charge in [0.1, 0.15) is 12.8 Å². The van der Waals surface area contributed by atoms with E-state index in [2.05, 4.69) is 10.6 Å². The number of nitrogens with one attached hydrogen (secondary N) is 2. The number of hydrogen-bond donors (Lipinski definition) is 2. The van der Waals surface area contributed by atoms with Crippen molar-refractivity contribution in [1.82, 2.24) is 10.6 Å². The van der Waals surface area contributed by atoms with Gasteiger partial charge in [-0.15, -0.1) is 0 Å². The van der Waals surface area contributed by atoms with E-state index in [1.807, 2.05) is 30.3 Å². The lowest BCUT2D eigenvalue weighted by atomic mass is 9.98. The van der Waals surface area contributed by atoms with Crippen molar-refractivity contribution >= 4 is 6.09 Å². The number of carbonyl (C=O) groups is 1. The summed E-state index contributed by atoms with van der Waals surface area (Å²) < 4.78 is 19.3. The molecule has 0 radical (unpaired) electrons. The summed E-state index contributed by atoms with van der Waals surface area (Å²) in [5.74, 6) is 0. The molecular weight excluding hydrogens is 259 g/mol. The van der Waals surface area contributed by atoms with E-state index in [1.165, 1.54) is 0 Å². The first-order valence-electron chi connectivity index (χ1n) is 7.10. The zero-order valence-corrected chi connectivity index (χ0v) is 11.2. The van der Waals surface area contributed by atoms with Gasteiger partial charge in [-0.05, 0) is 24.8 Å². The topological polar surface area (TPSA) is 50.4 Å². The zero-order chi connectivity index (χ0) is 13.9. The molecule has 0 saturated carbocycles. The number of hydrogen-bond acceptors (Lipinski definition) is 3. The van der Waals surface area contributed by atoms with Crippen molar-refractivity contribution in [2.24, 2.45) is 0 Å². The van der Waals surface area contributed by atoms with E-state index in [4.69, 9.17) is 4.74 Å². The Hall–Kier alpha value is -1.62. The number of carbonyl (C=O) groups excluding carboxylic acids is 1. The van der Waals surface area contributed by atoms with E-state index >= 15 is 0 Å². The molecule has 4 atom stereocenters. The van der Waals surface area contributed by atoms with Gasteiger partial charge in [0.2, 0.25) is 0 Å². The highest BCUT2D eigenvalue weighted by molar-refractivity contribution is 5.67. The smallest absolute Gasteiger partial charge is 0.407 e. The molecule has 1 aromatic rings. The number of alkyl carbamates (subject to hydrolysis) is 1. The molecule has 2 fully saturated rings. The predicted octanol–water partition coefficient (Wildman–Crippen LogP) is 2.14. The lowest BCUT2D eigenvalue weighted by Gasteiger charge is -2.32. The number of amides is 1. The molecule has 2 aliphatic heterocycles. The van der Waals surface area contributed by atoms with E-state index in [1.54, 1.807) is 0 Å². The molecule has 5 heteroatoms. The van der Waals surface area contributed by atoms with Gasteiger partial charge >= 0.3 is 6.09 Å². The molecule has 4 nitrogen and oxygen atoms in total. The van der Waals surface area contributed by atoms with Crippen molar-refractivity contribution in [2.45, 2.75) is 50.2 Å². The second kappa shape index (κ2) is 5.79. The molecule has 108 valence electrons. The average molecular weight is 278 g/mol. The second-order valence-electron chi connectivity index (χ2n) is 5.54. The van der Waals surface area contributed by atoms with Crippen LogP contribution in [0.25, 0.3) is 0 Å². The number of benzene rings is 1.